The van der Waals surface area contributed by atoms with Gasteiger partial charge in [0.1, 0.15) is 5.75 Å². The van der Waals surface area contributed by atoms with Gasteiger partial charge in [0.25, 0.3) is 0 Å². The minimum atomic E-state index is -0.269. The number of anilines is 1. The summed E-state index contributed by atoms with van der Waals surface area (Å²) in [6, 6.07) is 5.12. The van der Waals surface area contributed by atoms with Crippen LogP contribution in [0.5, 0.6) is 5.75 Å². The number of benzene rings is 1. The summed E-state index contributed by atoms with van der Waals surface area (Å²) in [5, 5.41) is 9.64. The van der Waals surface area contributed by atoms with E-state index >= 15 is 0 Å². The van der Waals surface area contributed by atoms with Crippen LogP contribution in [0.4, 0.5) is 5.69 Å². The lowest BCUT2D eigenvalue weighted by molar-refractivity contribution is -0.131. The molecule has 0 bridgehead atoms. The summed E-state index contributed by atoms with van der Waals surface area (Å²) in [5.41, 5.74) is 1.50. The SMILES string of the molecule is CCN(C(=O)CC1(OC)CCC1)c1cc(O)ccc1C. The Morgan fingerprint density at radius 2 is 2.15 bits per heavy atom. The van der Waals surface area contributed by atoms with Crippen molar-refractivity contribution < 1.29 is 14.6 Å². The largest absolute Gasteiger partial charge is 0.508 e. The third-order valence-electron chi connectivity index (χ3n) is 4.27. The Morgan fingerprint density at radius 1 is 1.45 bits per heavy atom. The molecule has 0 spiro atoms. The molecule has 110 valence electrons. The quantitative estimate of drug-likeness (QED) is 0.900. The molecule has 1 aromatic carbocycles. The topological polar surface area (TPSA) is 49.8 Å². The van der Waals surface area contributed by atoms with E-state index in [0.717, 1.165) is 30.5 Å². The molecule has 0 saturated heterocycles. The number of aromatic hydroxyl groups is 1. The number of phenols is 1. The Kier molecular flexibility index (Phi) is 4.33. The van der Waals surface area contributed by atoms with Gasteiger partial charge in [-0.1, -0.05) is 6.07 Å². The molecule has 1 aliphatic rings. The van der Waals surface area contributed by atoms with Crippen molar-refractivity contribution in [2.75, 3.05) is 18.6 Å². The van der Waals surface area contributed by atoms with E-state index in [-0.39, 0.29) is 17.3 Å². The highest BCUT2D eigenvalue weighted by Gasteiger charge is 2.40. The van der Waals surface area contributed by atoms with Crippen LogP contribution in [0.3, 0.4) is 0 Å². The molecule has 0 heterocycles. The maximum Gasteiger partial charge on any atom is 0.229 e. The summed E-state index contributed by atoms with van der Waals surface area (Å²) < 4.78 is 5.53. The van der Waals surface area contributed by atoms with E-state index in [2.05, 4.69) is 0 Å². The molecule has 4 nitrogen and oxygen atoms in total. The summed E-state index contributed by atoms with van der Waals surface area (Å²) in [6.07, 6.45) is 3.43. The molecule has 0 atom stereocenters. The molecule has 1 fully saturated rings. The van der Waals surface area contributed by atoms with Gasteiger partial charge in [0.05, 0.1) is 17.7 Å². The number of methoxy groups -OCH3 is 1. The minimum absolute atomic E-state index is 0.0581. The van der Waals surface area contributed by atoms with Gasteiger partial charge in [0.2, 0.25) is 5.91 Å². The number of ether oxygens (including phenoxy) is 1. The van der Waals surface area contributed by atoms with Gasteiger partial charge in [-0.2, -0.15) is 0 Å². The minimum Gasteiger partial charge on any atom is -0.508 e. The number of aryl methyl sites for hydroxylation is 1. The summed E-state index contributed by atoms with van der Waals surface area (Å²) in [5.74, 6) is 0.240. The Bertz CT molecular complexity index is 489. The van der Waals surface area contributed by atoms with E-state index < -0.39 is 0 Å². The van der Waals surface area contributed by atoms with Crippen LogP contribution >= 0.6 is 0 Å². The molecular weight excluding hydrogens is 254 g/mol. The zero-order valence-electron chi connectivity index (χ0n) is 12.5. The molecule has 0 aliphatic heterocycles. The summed E-state index contributed by atoms with van der Waals surface area (Å²) in [6.45, 7) is 4.48. The van der Waals surface area contributed by atoms with E-state index in [1.807, 2.05) is 19.9 Å². The predicted molar refractivity (Wildman–Crippen MR) is 79.1 cm³/mol. The van der Waals surface area contributed by atoms with Gasteiger partial charge in [-0.3, -0.25) is 4.79 Å². The smallest absolute Gasteiger partial charge is 0.229 e. The zero-order valence-corrected chi connectivity index (χ0v) is 12.5. The molecule has 0 aromatic heterocycles. The van der Waals surface area contributed by atoms with E-state index in [4.69, 9.17) is 4.74 Å². The normalized spacial score (nSPS) is 16.6. The number of nitrogens with zero attached hydrogens (tertiary/aromatic N) is 1. The van der Waals surface area contributed by atoms with Crippen molar-refractivity contribution in [3.8, 4) is 5.75 Å². The lowest BCUT2D eigenvalue weighted by atomic mass is 9.77. The van der Waals surface area contributed by atoms with Crippen molar-refractivity contribution in [3.63, 3.8) is 0 Å². The standard InChI is InChI=1S/C16H23NO3/c1-4-17(14-10-13(18)7-6-12(14)2)15(19)11-16(20-3)8-5-9-16/h6-7,10,18H,4-5,8-9,11H2,1-3H3. The van der Waals surface area contributed by atoms with Crippen molar-refractivity contribution in [1.29, 1.82) is 0 Å². The Hall–Kier alpha value is -1.55. The molecule has 1 amide bonds. The lowest BCUT2D eigenvalue weighted by Crippen LogP contribution is -2.45. The molecule has 4 heteroatoms. The molecule has 1 aliphatic carbocycles. The highest BCUT2D eigenvalue weighted by molar-refractivity contribution is 5.95. The van der Waals surface area contributed by atoms with Gasteiger partial charge < -0.3 is 14.7 Å². The van der Waals surface area contributed by atoms with Crippen LogP contribution in [0.2, 0.25) is 0 Å². The first-order chi connectivity index (χ1) is 9.51. The van der Waals surface area contributed by atoms with Crippen molar-refractivity contribution in [2.45, 2.75) is 45.1 Å². The van der Waals surface area contributed by atoms with Crippen LogP contribution < -0.4 is 4.90 Å². The van der Waals surface area contributed by atoms with Crippen LogP contribution in [0.1, 0.15) is 38.2 Å². The van der Waals surface area contributed by atoms with Crippen molar-refractivity contribution in [1.82, 2.24) is 0 Å². The second kappa shape index (κ2) is 5.83. The molecule has 0 radical (unpaired) electrons. The first kappa shape index (κ1) is 14.9. The average molecular weight is 277 g/mol. The first-order valence-corrected chi connectivity index (χ1v) is 7.16. The van der Waals surface area contributed by atoms with Crippen molar-refractivity contribution >= 4 is 11.6 Å². The van der Waals surface area contributed by atoms with Gasteiger partial charge in [-0.25, -0.2) is 0 Å². The Labute approximate surface area is 120 Å². The molecule has 1 aromatic rings. The fourth-order valence-electron chi connectivity index (χ4n) is 2.76. The van der Waals surface area contributed by atoms with Crippen molar-refractivity contribution in [2.24, 2.45) is 0 Å². The van der Waals surface area contributed by atoms with Gasteiger partial charge in [-0.15, -0.1) is 0 Å². The third-order valence-corrected chi connectivity index (χ3v) is 4.27. The number of hydrogen-bond acceptors (Lipinski definition) is 3. The monoisotopic (exact) mass is 277 g/mol. The van der Waals surface area contributed by atoms with Crippen molar-refractivity contribution in [3.05, 3.63) is 23.8 Å². The molecular formula is C16H23NO3. The number of amides is 1. The van der Waals surface area contributed by atoms with Crippen LogP contribution in [0, 0.1) is 6.92 Å². The van der Waals surface area contributed by atoms with E-state index in [1.165, 1.54) is 0 Å². The molecule has 1 N–H and O–H groups in total. The maximum absolute atomic E-state index is 12.6. The number of rotatable bonds is 5. The highest BCUT2D eigenvalue weighted by atomic mass is 16.5. The van der Waals surface area contributed by atoms with Crippen LogP contribution in [0.15, 0.2) is 18.2 Å². The maximum atomic E-state index is 12.6. The number of carbonyl (C=O) groups is 1. The number of carbonyl (C=O) groups excluding carboxylic acids is 1. The molecule has 0 unspecified atom stereocenters. The van der Waals surface area contributed by atoms with Crippen LogP contribution in [-0.4, -0.2) is 30.3 Å². The van der Waals surface area contributed by atoms with Crippen LogP contribution in [0.25, 0.3) is 0 Å². The average Bonchev–Trinajstić information content (AvgIpc) is 2.39. The second-order valence-corrected chi connectivity index (χ2v) is 5.53. The fourth-order valence-corrected chi connectivity index (χ4v) is 2.76. The highest BCUT2D eigenvalue weighted by Crippen LogP contribution is 2.39. The van der Waals surface area contributed by atoms with E-state index in [9.17, 15) is 9.90 Å². The summed E-state index contributed by atoms with van der Waals surface area (Å²) in [4.78, 5) is 14.3. The zero-order chi connectivity index (χ0) is 14.8. The van der Waals surface area contributed by atoms with Crippen LogP contribution in [-0.2, 0) is 9.53 Å². The van der Waals surface area contributed by atoms with Gasteiger partial charge in [0.15, 0.2) is 0 Å². The second-order valence-electron chi connectivity index (χ2n) is 5.53. The number of phenolic OH excluding ortho intramolecular Hbond substituents is 1. The predicted octanol–water partition coefficient (Wildman–Crippen LogP) is 3.01. The lowest BCUT2D eigenvalue weighted by Gasteiger charge is -2.41. The van der Waals surface area contributed by atoms with Gasteiger partial charge in [0, 0.05) is 19.7 Å². The molecule has 2 rings (SSSR count). The number of hydrogen-bond donors (Lipinski definition) is 1. The first-order valence-electron chi connectivity index (χ1n) is 7.16. The van der Waals surface area contributed by atoms with E-state index in [1.54, 1.807) is 24.1 Å². The molecule has 20 heavy (non-hydrogen) atoms. The summed E-state index contributed by atoms with van der Waals surface area (Å²) in [7, 11) is 1.68. The summed E-state index contributed by atoms with van der Waals surface area (Å²) >= 11 is 0. The Morgan fingerprint density at radius 3 is 2.65 bits per heavy atom. The van der Waals surface area contributed by atoms with Gasteiger partial charge in [-0.05, 0) is 44.7 Å². The van der Waals surface area contributed by atoms with Gasteiger partial charge >= 0.3 is 0 Å². The fraction of sp³-hybridized carbons (Fsp3) is 0.562. The molecule has 1 saturated carbocycles. The third kappa shape index (κ3) is 2.80. The Balaban J connectivity index is 2.19. The van der Waals surface area contributed by atoms with E-state index in [0.29, 0.717) is 13.0 Å².